The summed E-state index contributed by atoms with van der Waals surface area (Å²) in [4.78, 5) is 2.18. The van der Waals surface area contributed by atoms with Gasteiger partial charge in [0, 0.05) is 29.1 Å². The largest absolute Gasteiger partial charge is 0.388 e. The van der Waals surface area contributed by atoms with E-state index in [0.29, 0.717) is 0 Å². The molecule has 1 N–H and O–H groups in total. The van der Waals surface area contributed by atoms with Crippen LogP contribution in [0.3, 0.4) is 0 Å². The molecule has 2 rings (SSSR count). The summed E-state index contributed by atoms with van der Waals surface area (Å²) in [6, 6.07) is 5.90. The first-order valence-corrected chi connectivity index (χ1v) is 6.02. The average Bonchev–Trinajstić information content (AvgIpc) is 2.06. The highest BCUT2D eigenvalue weighted by Gasteiger charge is 2.36. The van der Waals surface area contributed by atoms with Gasteiger partial charge in [-0.3, -0.25) is 4.90 Å². The van der Waals surface area contributed by atoms with Crippen molar-refractivity contribution in [1.82, 2.24) is 4.90 Å². The van der Waals surface area contributed by atoms with Gasteiger partial charge in [0.25, 0.3) is 0 Å². The highest BCUT2D eigenvalue weighted by Crippen LogP contribution is 2.26. The number of hydrogen-bond acceptors (Lipinski definition) is 2. The molecule has 0 amide bonds. The molecule has 1 saturated heterocycles. The van der Waals surface area contributed by atoms with Crippen molar-refractivity contribution in [3.63, 3.8) is 0 Å². The maximum atomic E-state index is 9.59. The highest BCUT2D eigenvalue weighted by atomic mass is 79.9. The van der Waals surface area contributed by atoms with E-state index in [1.807, 2.05) is 25.1 Å². The van der Waals surface area contributed by atoms with E-state index >= 15 is 0 Å². The zero-order chi connectivity index (χ0) is 11.1. The lowest BCUT2D eigenvalue weighted by molar-refractivity contribution is -0.0871. The molecule has 4 heteroatoms. The minimum absolute atomic E-state index is 0.512. The quantitative estimate of drug-likeness (QED) is 0.905. The van der Waals surface area contributed by atoms with Gasteiger partial charge in [-0.05, 0) is 24.6 Å². The molecular formula is C11H13BrClNO. The van der Waals surface area contributed by atoms with E-state index in [0.717, 1.165) is 34.7 Å². The maximum Gasteiger partial charge on any atom is 0.0872 e. The Balaban J connectivity index is 2.00. The first-order chi connectivity index (χ1) is 6.96. The molecular weight excluding hydrogens is 277 g/mol. The van der Waals surface area contributed by atoms with Crippen LogP contribution < -0.4 is 0 Å². The molecule has 1 aliphatic rings. The molecule has 0 aliphatic carbocycles. The maximum absolute atomic E-state index is 9.59. The second-order valence-electron chi connectivity index (χ2n) is 4.38. The van der Waals surface area contributed by atoms with E-state index in [1.54, 1.807) is 0 Å². The number of nitrogens with zero attached hydrogens (tertiary/aromatic N) is 1. The van der Waals surface area contributed by atoms with Crippen molar-refractivity contribution in [1.29, 1.82) is 0 Å². The third-order valence-electron chi connectivity index (χ3n) is 2.54. The standard InChI is InChI=1S/C11H13BrClNO/c1-11(15)6-14(7-11)5-8-2-3-9(12)4-10(8)13/h2-4,15H,5-7H2,1H3. The number of likely N-dealkylation sites (tertiary alicyclic amines) is 1. The third-order valence-corrected chi connectivity index (χ3v) is 3.38. The molecule has 1 aromatic rings. The van der Waals surface area contributed by atoms with Gasteiger partial charge in [-0.1, -0.05) is 33.6 Å². The Morgan fingerprint density at radius 1 is 1.53 bits per heavy atom. The fourth-order valence-corrected chi connectivity index (χ4v) is 2.65. The lowest BCUT2D eigenvalue weighted by atomic mass is 9.96. The van der Waals surface area contributed by atoms with Gasteiger partial charge in [0.2, 0.25) is 0 Å². The van der Waals surface area contributed by atoms with Crippen molar-refractivity contribution in [2.45, 2.75) is 19.1 Å². The minimum atomic E-state index is -0.512. The Morgan fingerprint density at radius 2 is 2.20 bits per heavy atom. The van der Waals surface area contributed by atoms with E-state index in [2.05, 4.69) is 20.8 Å². The summed E-state index contributed by atoms with van der Waals surface area (Å²) >= 11 is 9.48. The second kappa shape index (κ2) is 4.06. The summed E-state index contributed by atoms with van der Waals surface area (Å²) in [6.07, 6.45) is 0. The molecule has 0 saturated carbocycles. The molecule has 0 radical (unpaired) electrons. The molecule has 0 atom stereocenters. The van der Waals surface area contributed by atoms with Gasteiger partial charge in [-0.2, -0.15) is 0 Å². The van der Waals surface area contributed by atoms with Crippen LogP contribution in [0.5, 0.6) is 0 Å². The predicted octanol–water partition coefficient (Wildman–Crippen LogP) is 2.67. The van der Waals surface area contributed by atoms with Gasteiger partial charge in [-0.25, -0.2) is 0 Å². The second-order valence-corrected chi connectivity index (χ2v) is 5.70. The van der Waals surface area contributed by atoms with Crippen molar-refractivity contribution < 1.29 is 5.11 Å². The fraction of sp³-hybridized carbons (Fsp3) is 0.455. The van der Waals surface area contributed by atoms with Crippen LogP contribution in [-0.4, -0.2) is 28.7 Å². The summed E-state index contributed by atoms with van der Waals surface area (Å²) in [6.45, 7) is 4.10. The van der Waals surface area contributed by atoms with Crippen molar-refractivity contribution >= 4 is 27.5 Å². The molecule has 1 aromatic carbocycles. The van der Waals surface area contributed by atoms with Crippen LogP contribution in [0.15, 0.2) is 22.7 Å². The molecule has 15 heavy (non-hydrogen) atoms. The number of rotatable bonds is 2. The summed E-state index contributed by atoms with van der Waals surface area (Å²) in [5.41, 5.74) is 0.595. The van der Waals surface area contributed by atoms with Crippen LogP contribution in [0.2, 0.25) is 5.02 Å². The molecule has 0 unspecified atom stereocenters. The number of β-amino-alcohol motifs (C(OH)–C–C–N with tert-alkyl or cyclic N) is 1. The van der Waals surface area contributed by atoms with Gasteiger partial charge in [0.15, 0.2) is 0 Å². The Labute approximate surface area is 103 Å². The summed E-state index contributed by atoms with van der Waals surface area (Å²) in [5, 5.41) is 10.4. The van der Waals surface area contributed by atoms with E-state index in [1.165, 1.54) is 0 Å². The zero-order valence-corrected chi connectivity index (χ0v) is 10.8. The van der Waals surface area contributed by atoms with Crippen molar-refractivity contribution in [3.8, 4) is 0 Å². The van der Waals surface area contributed by atoms with Gasteiger partial charge in [-0.15, -0.1) is 0 Å². The zero-order valence-electron chi connectivity index (χ0n) is 8.50. The molecule has 2 nitrogen and oxygen atoms in total. The molecule has 1 heterocycles. The SMILES string of the molecule is CC1(O)CN(Cc2ccc(Br)cc2Cl)C1. The van der Waals surface area contributed by atoms with E-state index in [9.17, 15) is 5.11 Å². The summed E-state index contributed by atoms with van der Waals surface area (Å²) in [5.74, 6) is 0. The number of hydrogen-bond donors (Lipinski definition) is 1. The first-order valence-electron chi connectivity index (χ1n) is 4.85. The minimum Gasteiger partial charge on any atom is -0.388 e. The average molecular weight is 291 g/mol. The molecule has 0 aromatic heterocycles. The van der Waals surface area contributed by atoms with E-state index in [-0.39, 0.29) is 0 Å². The molecule has 82 valence electrons. The van der Waals surface area contributed by atoms with Crippen molar-refractivity contribution in [2.75, 3.05) is 13.1 Å². The predicted molar refractivity (Wildman–Crippen MR) is 65.1 cm³/mol. The first kappa shape index (κ1) is 11.4. The smallest absolute Gasteiger partial charge is 0.0872 e. The van der Waals surface area contributed by atoms with Crippen molar-refractivity contribution in [2.24, 2.45) is 0 Å². The van der Waals surface area contributed by atoms with Gasteiger partial charge in [0.05, 0.1) is 5.60 Å². The number of halogens is 2. The molecule has 1 aliphatic heterocycles. The summed E-state index contributed by atoms with van der Waals surface area (Å²) < 4.78 is 0.992. The highest BCUT2D eigenvalue weighted by molar-refractivity contribution is 9.10. The van der Waals surface area contributed by atoms with Gasteiger partial charge < -0.3 is 5.11 Å². The fourth-order valence-electron chi connectivity index (χ4n) is 1.92. The Kier molecular flexibility index (Phi) is 3.08. The normalized spacial score (nSPS) is 20.0. The van der Waals surface area contributed by atoms with Crippen LogP contribution in [-0.2, 0) is 6.54 Å². The van der Waals surface area contributed by atoms with Crippen LogP contribution in [0.4, 0.5) is 0 Å². The van der Waals surface area contributed by atoms with E-state index < -0.39 is 5.60 Å². The van der Waals surface area contributed by atoms with Crippen LogP contribution in [0, 0.1) is 0 Å². The molecule has 1 fully saturated rings. The van der Waals surface area contributed by atoms with Crippen LogP contribution in [0.1, 0.15) is 12.5 Å². The molecule has 0 spiro atoms. The van der Waals surface area contributed by atoms with Crippen LogP contribution in [0.25, 0.3) is 0 Å². The Bertz CT molecular complexity index is 373. The Morgan fingerprint density at radius 3 is 2.73 bits per heavy atom. The van der Waals surface area contributed by atoms with Crippen LogP contribution >= 0.6 is 27.5 Å². The van der Waals surface area contributed by atoms with E-state index in [4.69, 9.17) is 11.6 Å². The van der Waals surface area contributed by atoms with Crippen molar-refractivity contribution in [3.05, 3.63) is 33.3 Å². The van der Waals surface area contributed by atoms with Gasteiger partial charge in [0.1, 0.15) is 0 Å². The number of aliphatic hydroxyl groups is 1. The topological polar surface area (TPSA) is 23.5 Å². The monoisotopic (exact) mass is 289 g/mol. The third kappa shape index (κ3) is 2.72. The summed E-state index contributed by atoms with van der Waals surface area (Å²) in [7, 11) is 0. The number of benzene rings is 1. The lowest BCUT2D eigenvalue weighted by Gasteiger charge is -2.44. The lowest BCUT2D eigenvalue weighted by Crippen LogP contribution is -2.59. The Hall–Kier alpha value is -0.0900. The molecule has 0 bridgehead atoms. The van der Waals surface area contributed by atoms with Gasteiger partial charge >= 0.3 is 0 Å².